The summed E-state index contributed by atoms with van der Waals surface area (Å²) in [6, 6.07) is 10.9. The molecule has 0 aliphatic carbocycles. The fraction of sp³-hybridized carbons (Fsp3) is 0.562. The molecule has 4 atom stereocenters. The van der Waals surface area contributed by atoms with Crippen LogP contribution in [0.25, 0.3) is 0 Å². The maximum Gasteiger partial charge on any atom is 0.303 e. The van der Waals surface area contributed by atoms with Gasteiger partial charge in [0.15, 0.2) is 0 Å². The molecule has 4 nitrogen and oxygen atoms in total. The lowest BCUT2D eigenvalue weighted by Gasteiger charge is -2.42. The number of carboxylic acids is 1. The summed E-state index contributed by atoms with van der Waals surface area (Å²) < 4.78 is 0. The van der Waals surface area contributed by atoms with Crippen molar-refractivity contribution in [2.24, 2.45) is 5.92 Å². The zero-order chi connectivity index (χ0) is 14.1. The Hall–Kier alpha value is -1.39. The number of aliphatic carboxylic acids is 1. The van der Waals surface area contributed by atoms with Gasteiger partial charge in [-0.1, -0.05) is 30.3 Å². The molecule has 108 valence electrons. The van der Waals surface area contributed by atoms with Gasteiger partial charge in [-0.25, -0.2) is 0 Å². The lowest BCUT2D eigenvalue weighted by molar-refractivity contribution is -0.141. The van der Waals surface area contributed by atoms with Crippen molar-refractivity contribution in [1.29, 1.82) is 0 Å². The Kier molecular flexibility index (Phi) is 3.76. The van der Waals surface area contributed by atoms with E-state index in [-0.39, 0.29) is 18.4 Å². The number of piperidine rings is 1. The smallest absolute Gasteiger partial charge is 0.303 e. The first-order valence-corrected chi connectivity index (χ1v) is 7.34. The van der Waals surface area contributed by atoms with Crippen molar-refractivity contribution in [3.63, 3.8) is 0 Å². The van der Waals surface area contributed by atoms with Gasteiger partial charge in [-0.2, -0.15) is 0 Å². The van der Waals surface area contributed by atoms with Gasteiger partial charge in [-0.15, -0.1) is 0 Å². The van der Waals surface area contributed by atoms with Crippen LogP contribution in [0.3, 0.4) is 0 Å². The normalized spacial score (nSPS) is 33.2. The van der Waals surface area contributed by atoms with Crippen LogP contribution in [-0.4, -0.2) is 39.3 Å². The number of nitrogens with zero attached hydrogens (tertiary/aromatic N) is 1. The molecule has 1 aromatic rings. The van der Waals surface area contributed by atoms with E-state index in [0.717, 1.165) is 19.4 Å². The largest absolute Gasteiger partial charge is 0.481 e. The summed E-state index contributed by atoms with van der Waals surface area (Å²) in [6.45, 7) is 0.860. The molecule has 2 aliphatic heterocycles. The molecule has 2 aliphatic rings. The Morgan fingerprint density at radius 3 is 2.70 bits per heavy atom. The summed E-state index contributed by atoms with van der Waals surface area (Å²) >= 11 is 0. The number of aliphatic hydroxyl groups is 1. The minimum absolute atomic E-state index is 0.0733. The van der Waals surface area contributed by atoms with Crippen LogP contribution in [-0.2, 0) is 11.3 Å². The van der Waals surface area contributed by atoms with Crippen LogP contribution in [0.2, 0.25) is 0 Å². The van der Waals surface area contributed by atoms with Gasteiger partial charge >= 0.3 is 5.97 Å². The van der Waals surface area contributed by atoms with Gasteiger partial charge in [0.1, 0.15) is 0 Å². The van der Waals surface area contributed by atoms with Gasteiger partial charge < -0.3 is 10.2 Å². The SMILES string of the molecule is O=C(O)CC1C(O)CC2CCC1N2Cc1ccccc1. The maximum absolute atomic E-state index is 11.0. The van der Waals surface area contributed by atoms with Gasteiger partial charge in [0.25, 0.3) is 0 Å². The van der Waals surface area contributed by atoms with Crippen LogP contribution < -0.4 is 0 Å². The molecule has 0 saturated carbocycles. The molecule has 0 spiro atoms. The van der Waals surface area contributed by atoms with Crippen molar-refractivity contribution in [3.05, 3.63) is 35.9 Å². The predicted octanol–water partition coefficient (Wildman–Crippen LogP) is 1.88. The van der Waals surface area contributed by atoms with Crippen LogP contribution in [0.15, 0.2) is 30.3 Å². The van der Waals surface area contributed by atoms with Crippen molar-refractivity contribution < 1.29 is 15.0 Å². The second-order valence-corrected chi connectivity index (χ2v) is 6.02. The molecule has 2 heterocycles. The molecular formula is C16H21NO3. The van der Waals surface area contributed by atoms with Crippen LogP contribution in [0.5, 0.6) is 0 Å². The van der Waals surface area contributed by atoms with Crippen molar-refractivity contribution in [1.82, 2.24) is 4.90 Å². The van der Waals surface area contributed by atoms with E-state index in [0.29, 0.717) is 12.5 Å². The molecule has 2 fully saturated rings. The molecule has 2 saturated heterocycles. The molecule has 2 bridgehead atoms. The molecule has 0 amide bonds. The summed E-state index contributed by atoms with van der Waals surface area (Å²) in [5.74, 6) is -0.936. The van der Waals surface area contributed by atoms with E-state index in [1.165, 1.54) is 5.56 Å². The predicted molar refractivity (Wildman–Crippen MR) is 75.2 cm³/mol. The van der Waals surface area contributed by atoms with Crippen molar-refractivity contribution in [2.75, 3.05) is 0 Å². The Morgan fingerprint density at radius 2 is 2.00 bits per heavy atom. The molecule has 3 rings (SSSR count). The maximum atomic E-state index is 11.0. The third-order valence-corrected chi connectivity index (χ3v) is 4.81. The van der Waals surface area contributed by atoms with Crippen LogP contribution in [0.1, 0.15) is 31.2 Å². The van der Waals surface area contributed by atoms with Crippen molar-refractivity contribution >= 4 is 5.97 Å². The number of rotatable bonds is 4. The Bertz CT molecular complexity index is 476. The van der Waals surface area contributed by atoms with Crippen molar-refractivity contribution in [3.8, 4) is 0 Å². The first-order chi connectivity index (χ1) is 9.65. The quantitative estimate of drug-likeness (QED) is 0.880. The molecule has 4 unspecified atom stereocenters. The summed E-state index contributed by atoms with van der Waals surface area (Å²) in [4.78, 5) is 13.4. The number of benzene rings is 1. The molecule has 4 heteroatoms. The van der Waals surface area contributed by atoms with Crippen LogP contribution in [0.4, 0.5) is 0 Å². The molecule has 0 radical (unpaired) electrons. The monoisotopic (exact) mass is 275 g/mol. The number of carbonyl (C=O) groups is 1. The molecule has 20 heavy (non-hydrogen) atoms. The van der Waals surface area contributed by atoms with Crippen molar-refractivity contribution in [2.45, 2.75) is 50.4 Å². The number of carboxylic acid groups (broad SMARTS) is 1. The highest BCUT2D eigenvalue weighted by atomic mass is 16.4. The van der Waals surface area contributed by atoms with Gasteiger partial charge in [0, 0.05) is 24.5 Å². The Labute approximate surface area is 119 Å². The first-order valence-electron chi connectivity index (χ1n) is 7.34. The van der Waals surface area contributed by atoms with E-state index < -0.39 is 12.1 Å². The van der Waals surface area contributed by atoms with E-state index >= 15 is 0 Å². The summed E-state index contributed by atoms with van der Waals surface area (Å²) in [5, 5.41) is 19.2. The van der Waals surface area contributed by atoms with Gasteiger partial charge in [0.2, 0.25) is 0 Å². The topological polar surface area (TPSA) is 60.8 Å². The highest BCUT2D eigenvalue weighted by Crippen LogP contribution is 2.41. The van der Waals surface area contributed by atoms with E-state index in [1.807, 2.05) is 18.2 Å². The Balaban J connectivity index is 1.76. The van der Waals surface area contributed by atoms with Gasteiger partial charge in [-0.05, 0) is 24.8 Å². The average Bonchev–Trinajstić information content (AvgIpc) is 2.71. The fourth-order valence-electron chi connectivity index (χ4n) is 3.90. The Morgan fingerprint density at radius 1 is 1.25 bits per heavy atom. The number of hydrogen-bond acceptors (Lipinski definition) is 3. The lowest BCUT2D eigenvalue weighted by atomic mass is 9.84. The summed E-state index contributed by atoms with van der Waals surface area (Å²) in [5.41, 5.74) is 1.26. The highest BCUT2D eigenvalue weighted by molar-refractivity contribution is 5.67. The molecule has 1 aromatic carbocycles. The zero-order valence-electron chi connectivity index (χ0n) is 11.5. The number of aliphatic hydroxyl groups excluding tert-OH is 1. The number of hydrogen-bond donors (Lipinski definition) is 2. The minimum Gasteiger partial charge on any atom is -0.481 e. The fourth-order valence-corrected chi connectivity index (χ4v) is 3.90. The third kappa shape index (κ3) is 2.58. The van der Waals surface area contributed by atoms with E-state index in [4.69, 9.17) is 5.11 Å². The molecule has 2 N–H and O–H groups in total. The van der Waals surface area contributed by atoms with Crippen LogP contribution >= 0.6 is 0 Å². The highest BCUT2D eigenvalue weighted by Gasteiger charge is 2.46. The van der Waals surface area contributed by atoms with E-state index in [2.05, 4.69) is 17.0 Å². The van der Waals surface area contributed by atoms with Crippen LogP contribution in [0, 0.1) is 5.92 Å². The zero-order valence-corrected chi connectivity index (χ0v) is 11.5. The van der Waals surface area contributed by atoms with Gasteiger partial charge in [-0.3, -0.25) is 9.69 Å². The average molecular weight is 275 g/mol. The van der Waals surface area contributed by atoms with E-state index in [1.54, 1.807) is 0 Å². The summed E-state index contributed by atoms with van der Waals surface area (Å²) in [7, 11) is 0. The standard InChI is InChI=1S/C16H21NO3/c18-15-8-12-6-7-14(13(15)9-16(19)20)17(12)10-11-4-2-1-3-5-11/h1-5,12-15,18H,6-10H2,(H,19,20). The second kappa shape index (κ2) is 5.54. The van der Waals surface area contributed by atoms with E-state index in [9.17, 15) is 9.90 Å². The second-order valence-electron chi connectivity index (χ2n) is 6.02. The molecule has 0 aromatic heterocycles. The minimum atomic E-state index is -0.806. The van der Waals surface area contributed by atoms with Gasteiger partial charge in [0.05, 0.1) is 12.5 Å². The lowest BCUT2D eigenvalue weighted by Crippen LogP contribution is -2.51. The first kappa shape index (κ1) is 13.6. The number of fused-ring (bicyclic) bond motifs is 2. The molecular weight excluding hydrogens is 254 g/mol. The third-order valence-electron chi connectivity index (χ3n) is 4.81. The summed E-state index contributed by atoms with van der Waals surface area (Å²) in [6.07, 6.45) is 2.40.